The van der Waals surface area contributed by atoms with Crippen LogP contribution in [0.4, 0.5) is 0 Å². The fourth-order valence-corrected chi connectivity index (χ4v) is 2.69. The highest BCUT2D eigenvalue weighted by Gasteiger charge is 2.27. The van der Waals surface area contributed by atoms with Gasteiger partial charge in [0.1, 0.15) is 0 Å². The lowest BCUT2D eigenvalue weighted by molar-refractivity contribution is 0.550. The summed E-state index contributed by atoms with van der Waals surface area (Å²) in [6.45, 7) is 9.01. The van der Waals surface area contributed by atoms with Gasteiger partial charge < -0.3 is 5.32 Å². The number of unbranched alkanes of at least 4 members (excludes halogenated alkanes) is 5. The summed E-state index contributed by atoms with van der Waals surface area (Å²) in [5.74, 6) is 0.242. The second kappa shape index (κ2) is 8.92. The van der Waals surface area contributed by atoms with Crippen LogP contribution in [0, 0.1) is 0 Å². The molecule has 0 saturated carbocycles. The lowest BCUT2D eigenvalue weighted by Gasteiger charge is -2.19. The Hall–Kier alpha value is -0.0900. The van der Waals surface area contributed by atoms with Crippen molar-refractivity contribution in [2.45, 2.75) is 71.0 Å². The molecular weight excluding hydrogens is 246 g/mol. The smallest absolute Gasteiger partial charge is 0.156 e. The first-order valence-corrected chi connectivity index (χ1v) is 8.89. The number of hydrogen-bond acceptors (Lipinski definition) is 3. The average Bonchev–Trinajstić information content (AvgIpc) is 2.25. The van der Waals surface area contributed by atoms with E-state index in [1.54, 1.807) is 20.8 Å². The molecule has 0 aromatic carbocycles. The summed E-state index contributed by atoms with van der Waals surface area (Å²) < 4.78 is 23.0. The van der Waals surface area contributed by atoms with Crippen molar-refractivity contribution in [3.05, 3.63) is 0 Å². The fourth-order valence-electron chi connectivity index (χ4n) is 1.67. The van der Waals surface area contributed by atoms with E-state index in [9.17, 15) is 8.42 Å². The van der Waals surface area contributed by atoms with E-state index < -0.39 is 14.6 Å². The molecule has 0 radical (unpaired) electrons. The molecule has 0 aromatic rings. The third-order valence-electron chi connectivity index (χ3n) is 3.19. The largest absolute Gasteiger partial charge is 0.316 e. The van der Waals surface area contributed by atoms with Crippen LogP contribution < -0.4 is 5.32 Å². The quantitative estimate of drug-likeness (QED) is 0.624. The van der Waals surface area contributed by atoms with E-state index in [0.29, 0.717) is 6.54 Å². The molecular formula is C14H31NO2S. The van der Waals surface area contributed by atoms with Crippen molar-refractivity contribution in [2.24, 2.45) is 0 Å². The number of nitrogens with one attached hydrogen (secondary N) is 1. The molecule has 1 N–H and O–H groups in total. The van der Waals surface area contributed by atoms with Gasteiger partial charge in [-0.1, -0.05) is 39.0 Å². The standard InChI is InChI=1S/C14H31NO2S/c1-5-6-7-8-9-10-11-15-12-13-18(16,17)14(2,3)4/h15H,5-13H2,1-4H3. The van der Waals surface area contributed by atoms with E-state index in [1.165, 1.54) is 32.1 Å². The van der Waals surface area contributed by atoms with Crippen LogP contribution in [0.2, 0.25) is 0 Å². The maximum Gasteiger partial charge on any atom is 0.156 e. The Labute approximate surface area is 114 Å². The zero-order valence-corrected chi connectivity index (χ0v) is 13.4. The van der Waals surface area contributed by atoms with Crippen LogP contribution in [0.25, 0.3) is 0 Å². The maximum absolute atomic E-state index is 11.8. The Bertz CT molecular complexity index is 291. The van der Waals surface area contributed by atoms with Gasteiger partial charge in [0.15, 0.2) is 9.84 Å². The first kappa shape index (κ1) is 17.9. The lowest BCUT2D eigenvalue weighted by atomic mass is 10.1. The van der Waals surface area contributed by atoms with Crippen LogP contribution in [0.1, 0.15) is 66.2 Å². The van der Waals surface area contributed by atoms with Gasteiger partial charge in [-0.3, -0.25) is 0 Å². The molecule has 110 valence electrons. The van der Waals surface area contributed by atoms with E-state index >= 15 is 0 Å². The van der Waals surface area contributed by atoms with Gasteiger partial charge in [-0.2, -0.15) is 0 Å². The molecule has 0 fully saturated rings. The molecule has 0 spiro atoms. The molecule has 0 atom stereocenters. The Kier molecular flexibility index (Phi) is 8.87. The topological polar surface area (TPSA) is 46.2 Å². The Morgan fingerprint density at radius 1 is 0.889 bits per heavy atom. The van der Waals surface area contributed by atoms with Crippen molar-refractivity contribution in [1.82, 2.24) is 5.32 Å². The monoisotopic (exact) mass is 277 g/mol. The van der Waals surface area contributed by atoms with Gasteiger partial charge >= 0.3 is 0 Å². The zero-order chi connectivity index (χ0) is 14.1. The van der Waals surface area contributed by atoms with Crippen LogP contribution >= 0.6 is 0 Å². The van der Waals surface area contributed by atoms with Gasteiger partial charge in [-0.25, -0.2) is 8.42 Å². The average molecular weight is 277 g/mol. The molecule has 0 amide bonds. The molecule has 18 heavy (non-hydrogen) atoms. The molecule has 4 heteroatoms. The van der Waals surface area contributed by atoms with E-state index in [1.807, 2.05) is 0 Å². The molecule has 0 saturated heterocycles. The first-order valence-electron chi connectivity index (χ1n) is 7.24. The molecule has 0 rings (SSSR count). The normalized spacial score (nSPS) is 12.9. The molecule has 0 aromatic heterocycles. The second-order valence-corrected chi connectivity index (χ2v) is 8.81. The lowest BCUT2D eigenvalue weighted by Crippen LogP contribution is -2.34. The van der Waals surface area contributed by atoms with Crippen LogP contribution in [-0.4, -0.2) is 32.0 Å². The van der Waals surface area contributed by atoms with Crippen molar-refractivity contribution in [2.75, 3.05) is 18.8 Å². The third kappa shape index (κ3) is 8.09. The van der Waals surface area contributed by atoms with Crippen molar-refractivity contribution in [1.29, 1.82) is 0 Å². The minimum atomic E-state index is -2.96. The van der Waals surface area contributed by atoms with Crippen LogP contribution in [0.15, 0.2) is 0 Å². The summed E-state index contributed by atoms with van der Waals surface area (Å²) in [5, 5.41) is 3.23. The van der Waals surface area contributed by atoms with Gasteiger partial charge in [-0.15, -0.1) is 0 Å². The zero-order valence-electron chi connectivity index (χ0n) is 12.6. The molecule has 3 nitrogen and oxygen atoms in total. The van der Waals surface area contributed by atoms with Gasteiger partial charge in [0.2, 0.25) is 0 Å². The van der Waals surface area contributed by atoms with Crippen molar-refractivity contribution in [3.63, 3.8) is 0 Å². The summed E-state index contributed by atoms with van der Waals surface area (Å²) >= 11 is 0. The molecule has 0 unspecified atom stereocenters. The van der Waals surface area contributed by atoms with Crippen molar-refractivity contribution < 1.29 is 8.42 Å². The highest BCUT2D eigenvalue weighted by molar-refractivity contribution is 7.92. The Morgan fingerprint density at radius 3 is 2.00 bits per heavy atom. The predicted octanol–water partition coefficient (Wildman–Crippen LogP) is 3.15. The van der Waals surface area contributed by atoms with Gasteiger partial charge in [0.05, 0.1) is 10.5 Å². The van der Waals surface area contributed by atoms with E-state index in [4.69, 9.17) is 0 Å². The van der Waals surface area contributed by atoms with Crippen LogP contribution in [-0.2, 0) is 9.84 Å². The molecule has 0 heterocycles. The summed E-state index contributed by atoms with van der Waals surface area (Å²) in [7, 11) is -2.96. The van der Waals surface area contributed by atoms with Crippen molar-refractivity contribution in [3.8, 4) is 0 Å². The maximum atomic E-state index is 11.8. The Balaban J connectivity index is 3.47. The first-order chi connectivity index (χ1) is 8.31. The summed E-state index contributed by atoms with van der Waals surface area (Å²) in [5.41, 5.74) is 0. The van der Waals surface area contributed by atoms with E-state index in [2.05, 4.69) is 12.2 Å². The highest BCUT2D eigenvalue weighted by Crippen LogP contribution is 2.15. The summed E-state index contributed by atoms with van der Waals surface area (Å²) in [6, 6.07) is 0. The minimum Gasteiger partial charge on any atom is -0.316 e. The number of rotatable bonds is 10. The minimum absolute atomic E-state index is 0.242. The van der Waals surface area contributed by atoms with Gasteiger partial charge in [0.25, 0.3) is 0 Å². The molecule has 0 aliphatic heterocycles. The second-order valence-electron chi connectivity index (χ2n) is 5.95. The van der Waals surface area contributed by atoms with E-state index in [-0.39, 0.29) is 5.75 Å². The number of hydrogen-bond donors (Lipinski definition) is 1. The van der Waals surface area contributed by atoms with Crippen LogP contribution in [0.5, 0.6) is 0 Å². The molecule has 0 bridgehead atoms. The van der Waals surface area contributed by atoms with E-state index in [0.717, 1.165) is 13.0 Å². The van der Waals surface area contributed by atoms with Crippen LogP contribution in [0.3, 0.4) is 0 Å². The fraction of sp³-hybridized carbons (Fsp3) is 1.00. The predicted molar refractivity (Wildman–Crippen MR) is 79.8 cm³/mol. The van der Waals surface area contributed by atoms with Crippen molar-refractivity contribution >= 4 is 9.84 Å². The van der Waals surface area contributed by atoms with Gasteiger partial charge in [-0.05, 0) is 33.7 Å². The van der Waals surface area contributed by atoms with Gasteiger partial charge in [0, 0.05) is 6.54 Å². The SMILES string of the molecule is CCCCCCCCNCCS(=O)(=O)C(C)(C)C. The number of sulfone groups is 1. The summed E-state index contributed by atoms with van der Waals surface area (Å²) in [6.07, 6.45) is 7.64. The molecule has 0 aliphatic rings. The Morgan fingerprint density at radius 2 is 1.44 bits per heavy atom. The highest BCUT2D eigenvalue weighted by atomic mass is 32.2. The summed E-state index contributed by atoms with van der Waals surface area (Å²) in [4.78, 5) is 0. The third-order valence-corrected chi connectivity index (χ3v) is 5.80. The molecule has 0 aliphatic carbocycles.